The standard InChI is InChI=1S/C14H19N3O3/c1-10-3-2-4-12(5-10)17-7-11(8-17)6-16-14(19)20-9-13(15)18/h2-5,11H,6-9H2,1H3,(H2,15,18)(H,16,19). The molecule has 0 aromatic heterocycles. The summed E-state index contributed by atoms with van der Waals surface area (Å²) >= 11 is 0. The van der Waals surface area contributed by atoms with E-state index in [2.05, 4.69) is 40.1 Å². The van der Waals surface area contributed by atoms with Crippen molar-refractivity contribution in [3.8, 4) is 0 Å². The summed E-state index contributed by atoms with van der Waals surface area (Å²) in [6, 6.07) is 8.33. The summed E-state index contributed by atoms with van der Waals surface area (Å²) in [6.07, 6.45) is -0.599. The van der Waals surface area contributed by atoms with Crippen molar-refractivity contribution in [3.05, 3.63) is 29.8 Å². The van der Waals surface area contributed by atoms with Gasteiger partial charge in [-0.3, -0.25) is 4.79 Å². The number of carbonyl (C=O) groups excluding carboxylic acids is 2. The Labute approximate surface area is 117 Å². The first-order valence-corrected chi connectivity index (χ1v) is 6.55. The average molecular weight is 277 g/mol. The second kappa shape index (κ2) is 6.27. The SMILES string of the molecule is Cc1cccc(N2CC(CNC(=O)OCC(N)=O)C2)c1. The van der Waals surface area contributed by atoms with Crippen molar-refractivity contribution in [3.63, 3.8) is 0 Å². The van der Waals surface area contributed by atoms with Crippen LogP contribution in [-0.4, -0.2) is 38.2 Å². The van der Waals surface area contributed by atoms with Crippen molar-refractivity contribution in [1.29, 1.82) is 0 Å². The number of nitrogens with two attached hydrogens (primary N) is 1. The summed E-state index contributed by atoms with van der Waals surface area (Å²) in [6.45, 7) is 4.03. The highest BCUT2D eigenvalue weighted by molar-refractivity contribution is 5.78. The molecule has 0 radical (unpaired) electrons. The number of amides is 2. The highest BCUT2D eigenvalue weighted by Crippen LogP contribution is 2.24. The van der Waals surface area contributed by atoms with Gasteiger partial charge in [0, 0.05) is 31.2 Å². The number of benzene rings is 1. The van der Waals surface area contributed by atoms with Gasteiger partial charge in [0.05, 0.1) is 0 Å². The molecule has 1 aromatic rings. The summed E-state index contributed by atoms with van der Waals surface area (Å²) in [5.41, 5.74) is 7.32. The molecular formula is C14H19N3O3. The van der Waals surface area contributed by atoms with Crippen molar-refractivity contribution >= 4 is 17.7 Å². The first-order valence-electron chi connectivity index (χ1n) is 6.55. The van der Waals surface area contributed by atoms with Crippen molar-refractivity contribution in [2.75, 3.05) is 31.1 Å². The number of ether oxygens (including phenoxy) is 1. The van der Waals surface area contributed by atoms with Gasteiger partial charge < -0.3 is 20.7 Å². The van der Waals surface area contributed by atoms with E-state index < -0.39 is 12.0 Å². The molecule has 1 fully saturated rings. The number of primary amides is 1. The lowest BCUT2D eigenvalue weighted by atomic mass is 9.99. The van der Waals surface area contributed by atoms with E-state index in [-0.39, 0.29) is 6.61 Å². The molecule has 0 saturated carbocycles. The molecule has 0 atom stereocenters. The molecule has 1 heterocycles. The fraction of sp³-hybridized carbons (Fsp3) is 0.429. The molecule has 0 bridgehead atoms. The van der Waals surface area contributed by atoms with Crippen LogP contribution < -0.4 is 16.0 Å². The predicted molar refractivity (Wildman–Crippen MR) is 75.4 cm³/mol. The maximum atomic E-state index is 11.2. The summed E-state index contributed by atoms with van der Waals surface area (Å²) in [4.78, 5) is 23.9. The van der Waals surface area contributed by atoms with Crippen LogP contribution in [0.5, 0.6) is 0 Å². The van der Waals surface area contributed by atoms with Crippen LogP contribution in [0.2, 0.25) is 0 Å². The highest BCUT2D eigenvalue weighted by atomic mass is 16.6. The topological polar surface area (TPSA) is 84.7 Å². The fourth-order valence-electron chi connectivity index (χ4n) is 2.15. The van der Waals surface area contributed by atoms with E-state index in [1.807, 2.05) is 6.07 Å². The molecule has 20 heavy (non-hydrogen) atoms. The van der Waals surface area contributed by atoms with Gasteiger partial charge in [-0.2, -0.15) is 0 Å². The Hall–Kier alpha value is -2.24. The van der Waals surface area contributed by atoms with Crippen molar-refractivity contribution < 1.29 is 14.3 Å². The van der Waals surface area contributed by atoms with E-state index in [0.29, 0.717) is 12.5 Å². The predicted octanol–water partition coefficient (Wildman–Crippen LogP) is 0.643. The third-order valence-electron chi connectivity index (χ3n) is 3.20. The smallest absolute Gasteiger partial charge is 0.407 e. The van der Waals surface area contributed by atoms with Gasteiger partial charge in [0.25, 0.3) is 5.91 Å². The minimum atomic E-state index is -0.658. The lowest BCUT2D eigenvalue weighted by Gasteiger charge is -2.41. The zero-order chi connectivity index (χ0) is 14.5. The van der Waals surface area contributed by atoms with E-state index in [9.17, 15) is 9.59 Å². The number of anilines is 1. The average Bonchev–Trinajstić information content (AvgIpc) is 2.34. The van der Waals surface area contributed by atoms with Crippen LogP contribution in [0.15, 0.2) is 24.3 Å². The third-order valence-corrected chi connectivity index (χ3v) is 3.20. The zero-order valence-corrected chi connectivity index (χ0v) is 11.5. The summed E-state index contributed by atoms with van der Waals surface area (Å²) < 4.78 is 4.61. The Bertz CT molecular complexity index is 498. The van der Waals surface area contributed by atoms with Gasteiger partial charge in [-0.05, 0) is 24.6 Å². The van der Waals surface area contributed by atoms with Crippen molar-refractivity contribution in [1.82, 2.24) is 5.32 Å². The van der Waals surface area contributed by atoms with Gasteiger partial charge in [0.2, 0.25) is 0 Å². The molecule has 0 spiro atoms. The molecule has 1 aliphatic rings. The summed E-state index contributed by atoms with van der Waals surface area (Å²) in [7, 11) is 0. The van der Waals surface area contributed by atoms with E-state index in [0.717, 1.165) is 13.1 Å². The lowest BCUT2D eigenvalue weighted by molar-refractivity contribution is -0.120. The molecule has 1 saturated heterocycles. The largest absolute Gasteiger partial charge is 0.439 e. The summed E-state index contributed by atoms with van der Waals surface area (Å²) in [5, 5.41) is 2.63. The van der Waals surface area contributed by atoms with Crippen LogP contribution in [0.25, 0.3) is 0 Å². The van der Waals surface area contributed by atoms with E-state index in [1.54, 1.807) is 0 Å². The Morgan fingerprint density at radius 2 is 2.20 bits per heavy atom. The maximum absolute atomic E-state index is 11.2. The number of alkyl carbamates (subject to hydrolysis) is 1. The van der Waals surface area contributed by atoms with Gasteiger partial charge in [-0.15, -0.1) is 0 Å². The first-order chi connectivity index (χ1) is 9.54. The zero-order valence-electron chi connectivity index (χ0n) is 11.5. The van der Waals surface area contributed by atoms with E-state index >= 15 is 0 Å². The molecule has 108 valence electrons. The quantitative estimate of drug-likeness (QED) is 0.827. The van der Waals surface area contributed by atoms with Crippen LogP contribution in [-0.2, 0) is 9.53 Å². The van der Waals surface area contributed by atoms with Crippen LogP contribution in [0, 0.1) is 12.8 Å². The van der Waals surface area contributed by atoms with Crippen LogP contribution in [0.4, 0.5) is 10.5 Å². The van der Waals surface area contributed by atoms with Crippen LogP contribution in [0.1, 0.15) is 5.56 Å². The van der Waals surface area contributed by atoms with Gasteiger partial charge in [0.1, 0.15) is 0 Å². The Balaban J connectivity index is 1.67. The van der Waals surface area contributed by atoms with Crippen LogP contribution in [0.3, 0.4) is 0 Å². The minimum absolute atomic E-state index is 0.383. The number of nitrogens with zero attached hydrogens (tertiary/aromatic N) is 1. The Morgan fingerprint density at radius 3 is 2.85 bits per heavy atom. The number of hydrogen-bond acceptors (Lipinski definition) is 4. The molecule has 2 rings (SSSR count). The van der Waals surface area contributed by atoms with Crippen LogP contribution >= 0.6 is 0 Å². The number of aryl methyl sites for hydroxylation is 1. The highest BCUT2D eigenvalue weighted by Gasteiger charge is 2.27. The number of hydrogen-bond donors (Lipinski definition) is 2. The molecule has 6 heteroatoms. The Morgan fingerprint density at radius 1 is 1.45 bits per heavy atom. The van der Waals surface area contributed by atoms with E-state index in [4.69, 9.17) is 5.73 Å². The second-order valence-electron chi connectivity index (χ2n) is 5.03. The molecule has 3 N–H and O–H groups in total. The molecule has 1 aromatic carbocycles. The van der Waals surface area contributed by atoms with Crippen molar-refractivity contribution in [2.24, 2.45) is 11.7 Å². The monoisotopic (exact) mass is 277 g/mol. The maximum Gasteiger partial charge on any atom is 0.407 e. The third kappa shape index (κ3) is 3.88. The fourth-order valence-corrected chi connectivity index (χ4v) is 2.15. The molecule has 6 nitrogen and oxygen atoms in total. The van der Waals surface area contributed by atoms with Gasteiger partial charge in [-0.1, -0.05) is 12.1 Å². The van der Waals surface area contributed by atoms with Gasteiger partial charge >= 0.3 is 6.09 Å². The number of rotatable bonds is 5. The molecular weight excluding hydrogens is 258 g/mol. The number of nitrogens with one attached hydrogen (secondary N) is 1. The van der Waals surface area contributed by atoms with Gasteiger partial charge in [0.15, 0.2) is 6.61 Å². The molecule has 1 aliphatic heterocycles. The second-order valence-corrected chi connectivity index (χ2v) is 5.03. The number of carbonyl (C=O) groups is 2. The summed E-state index contributed by atoms with van der Waals surface area (Å²) in [5.74, 6) is -0.258. The van der Waals surface area contributed by atoms with Crippen molar-refractivity contribution in [2.45, 2.75) is 6.92 Å². The minimum Gasteiger partial charge on any atom is -0.439 e. The molecule has 2 amide bonds. The van der Waals surface area contributed by atoms with Gasteiger partial charge in [-0.25, -0.2) is 4.79 Å². The van der Waals surface area contributed by atoms with E-state index in [1.165, 1.54) is 11.3 Å². The normalized spacial score (nSPS) is 14.6. The molecule has 0 unspecified atom stereocenters. The molecule has 0 aliphatic carbocycles. The lowest BCUT2D eigenvalue weighted by Crippen LogP contribution is -2.51. The Kier molecular flexibility index (Phi) is 4.45. The first kappa shape index (κ1) is 14.2.